The topological polar surface area (TPSA) is 30.7 Å². The van der Waals surface area contributed by atoms with Gasteiger partial charge in [-0.05, 0) is 13.8 Å². The summed E-state index contributed by atoms with van der Waals surface area (Å²) in [5.74, 6) is 0. The van der Waals surface area contributed by atoms with Crippen molar-refractivity contribution in [1.82, 2.24) is 14.5 Å². The van der Waals surface area contributed by atoms with Gasteiger partial charge in [0.1, 0.15) is 0 Å². The predicted molar refractivity (Wildman–Crippen MR) is 57.9 cm³/mol. The molecule has 0 unspecified atom stereocenters. The summed E-state index contributed by atoms with van der Waals surface area (Å²) in [6.07, 6.45) is 3.65. The molecule has 0 saturated carbocycles. The normalized spacial score (nSPS) is 10.8. The minimum Gasteiger partial charge on any atom is -0.329 e. The molecule has 0 N–H and O–H groups in total. The molecule has 0 aliphatic carbocycles. The molecule has 0 aliphatic heterocycles. The van der Waals surface area contributed by atoms with E-state index in [1.807, 2.05) is 19.4 Å². The van der Waals surface area contributed by atoms with Crippen LogP contribution in [0.15, 0.2) is 12.5 Å². The van der Waals surface area contributed by atoms with Gasteiger partial charge in [-0.25, -0.2) is 9.97 Å². The summed E-state index contributed by atoms with van der Waals surface area (Å²) in [5.41, 5.74) is 2.26. The van der Waals surface area contributed by atoms with Gasteiger partial charge in [0.05, 0.1) is 18.6 Å². The highest BCUT2D eigenvalue weighted by Gasteiger charge is 2.04. The first-order valence-electron chi connectivity index (χ1n) is 4.25. The van der Waals surface area contributed by atoms with E-state index in [0.29, 0.717) is 4.47 Å². The summed E-state index contributed by atoms with van der Waals surface area (Å²) in [5, 5.41) is 0. The summed E-state index contributed by atoms with van der Waals surface area (Å²) >= 11 is 7.26. The van der Waals surface area contributed by atoms with Gasteiger partial charge in [0.15, 0.2) is 4.47 Å². The lowest BCUT2D eigenvalue weighted by atomic mass is 10.4. The molecule has 0 fully saturated rings. The Bertz CT molecular complexity index is 447. The van der Waals surface area contributed by atoms with Crippen LogP contribution in [0.4, 0.5) is 0 Å². The van der Waals surface area contributed by atoms with Crippen LogP contribution in [-0.2, 0) is 6.54 Å². The van der Waals surface area contributed by atoms with Crippen molar-refractivity contribution >= 4 is 22.9 Å². The lowest BCUT2D eigenvalue weighted by Gasteiger charge is -2.01. The van der Waals surface area contributed by atoms with Gasteiger partial charge in [0.2, 0.25) is 0 Å². The molecule has 14 heavy (non-hydrogen) atoms. The molecule has 2 aromatic rings. The van der Waals surface area contributed by atoms with E-state index in [1.54, 1.807) is 0 Å². The number of rotatable bonds is 2. The fraction of sp³-hybridized carbons (Fsp3) is 0.333. The molecule has 0 spiro atoms. The third-order valence-electron chi connectivity index (χ3n) is 2.20. The van der Waals surface area contributed by atoms with E-state index < -0.39 is 0 Å². The SMILES string of the molecule is Cc1ncn(Cc2cnc(Cl)s2)c1C. The molecule has 2 aromatic heterocycles. The maximum Gasteiger partial charge on any atom is 0.183 e. The Hall–Kier alpha value is -0.870. The van der Waals surface area contributed by atoms with Gasteiger partial charge in [0.25, 0.3) is 0 Å². The Labute approximate surface area is 91.4 Å². The Morgan fingerprint density at radius 2 is 2.21 bits per heavy atom. The van der Waals surface area contributed by atoms with Crippen molar-refractivity contribution in [3.8, 4) is 0 Å². The Morgan fingerprint density at radius 1 is 1.43 bits per heavy atom. The second-order valence-electron chi connectivity index (χ2n) is 3.12. The van der Waals surface area contributed by atoms with Crippen LogP contribution in [0.25, 0.3) is 0 Å². The summed E-state index contributed by atoms with van der Waals surface area (Å²) in [4.78, 5) is 9.38. The lowest BCUT2D eigenvalue weighted by molar-refractivity contribution is 0.778. The van der Waals surface area contributed by atoms with E-state index in [9.17, 15) is 0 Å². The molecule has 5 heteroatoms. The molecule has 74 valence electrons. The van der Waals surface area contributed by atoms with E-state index >= 15 is 0 Å². The molecule has 0 radical (unpaired) electrons. The molecular weight excluding hydrogens is 218 g/mol. The molecule has 2 heterocycles. The number of thiazole rings is 1. The Kier molecular flexibility index (Phi) is 2.56. The minimum atomic E-state index is 0.592. The average Bonchev–Trinajstić information content (AvgIpc) is 2.67. The number of halogens is 1. The minimum absolute atomic E-state index is 0.592. The number of hydrogen-bond acceptors (Lipinski definition) is 3. The molecule has 0 aliphatic rings. The van der Waals surface area contributed by atoms with E-state index in [-0.39, 0.29) is 0 Å². The van der Waals surface area contributed by atoms with Gasteiger partial charge in [-0.1, -0.05) is 11.6 Å². The van der Waals surface area contributed by atoms with Crippen molar-refractivity contribution in [2.75, 3.05) is 0 Å². The monoisotopic (exact) mass is 227 g/mol. The van der Waals surface area contributed by atoms with Crippen LogP contribution in [0.3, 0.4) is 0 Å². The second kappa shape index (κ2) is 3.71. The second-order valence-corrected chi connectivity index (χ2v) is 4.82. The molecule has 0 aromatic carbocycles. The molecule has 0 saturated heterocycles. The number of imidazole rings is 1. The van der Waals surface area contributed by atoms with E-state index in [4.69, 9.17) is 11.6 Å². The molecule has 3 nitrogen and oxygen atoms in total. The van der Waals surface area contributed by atoms with Gasteiger partial charge < -0.3 is 4.57 Å². The van der Waals surface area contributed by atoms with Crippen molar-refractivity contribution < 1.29 is 0 Å². The first-order chi connectivity index (χ1) is 6.66. The van der Waals surface area contributed by atoms with Crippen LogP contribution in [0.5, 0.6) is 0 Å². The quantitative estimate of drug-likeness (QED) is 0.790. The highest BCUT2D eigenvalue weighted by molar-refractivity contribution is 7.15. The first-order valence-corrected chi connectivity index (χ1v) is 5.45. The zero-order valence-electron chi connectivity index (χ0n) is 7.99. The van der Waals surface area contributed by atoms with Crippen LogP contribution in [0.1, 0.15) is 16.3 Å². The summed E-state index contributed by atoms with van der Waals surface area (Å²) in [6.45, 7) is 4.87. The molecule has 0 bridgehead atoms. The number of hydrogen-bond donors (Lipinski definition) is 0. The van der Waals surface area contributed by atoms with Crippen molar-refractivity contribution in [2.45, 2.75) is 20.4 Å². The summed E-state index contributed by atoms with van der Waals surface area (Å²) in [7, 11) is 0. The standard InChI is InChI=1S/C9H10ClN3S/c1-6-7(2)13(5-12-6)4-8-3-11-9(10)14-8/h3,5H,4H2,1-2H3. The molecule has 2 rings (SSSR count). The van der Waals surface area contributed by atoms with Crippen LogP contribution in [0, 0.1) is 13.8 Å². The maximum absolute atomic E-state index is 5.75. The maximum atomic E-state index is 5.75. The van der Waals surface area contributed by atoms with Crippen molar-refractivity contribution in [1.29, 1.82) is 0 Å². The van der Waals surface area contributed by atoms with Crippen LogP contribution < -0.4 is 0 Å². The van der Waals surface area contributed by atoms with Crippen molar-refractivity contribution in [3.05, 3.63) is 33.3 Å². The van der Waals surface area contributed by atoms with E-state index in [0.717, 1.165) is 17.1 Å². The van der Waals surface area contributed by atoms with Crippen LogP contribution >= 0.6 is 22.9 Å². The zero-order chi connectivity index (χ0) is 10.1. The van der Waals surface area contributed by atoms with E-state index in [1.165, 1.54) is 17.0 Å². The third-order valence-corrected chi connectivity index (χ3v) is 3.30. The van der Waals surface area contributed by atoms with Gasteiger partial charge in [0, 0.05) is 16.8 Å². The fourth-order valence-electron chi connectivity index (χ4n) is 1.23. The molecule has 0 atom stereocenters. The summed E-state index contributed by atoms with van der Waals surface area (Å²) in [6, 6.07) is 0. The van der Waals surface area contributed by atoms with Gasteiger partial charge in [-0.2, -0.15) is 0 Å². The third kappa shape index (κ3) is 1.81. The number of aromatic nitrogens is 3. The van der Waals surface area contributed by atoms with Crippen LogP contribution in [-0.4, -0.2) is 14.5 Å². The van der Waals surface area contributed by atoms with E-state index in [2.05, 4.69) is 21.5 Å². The number of nitrogens with zero attached hydrogens (tertiary/aromatic N) is 3. The summed E-state index contributed by atoms with van der Waals surface area (Å²) < 4.78 is 2.69. The van der Waals surface area contributed by atoms with Gasteiger partial charge in [-0.15, -0.1) is 11.3 Å². The van der Waals surface area contributed by atoms with Gasteiger partial charge in [-0.3, -0.25) is 0 Å². The Morgan fingerprint density at radius 3 is 2.71 bits per heavy atom. The highest BCUT2D eigenvalue weighted by atomic mass is 35.5. The lowest BCUT2D eigenvalue weighted by Crippen LogP contribution is -1.98. The fourth-order valence-corrected chi connectivity index (χ4v) is 2.21. The first kappa shape index (κ1) is 9.68. The molecule has 0 amide bonds. The largest absolute Gasteiger partial charge is 0.329 e. The van der Waals surface area contributed by atoms with Crippen molar-refractivity contribution in [2.24, 2.45) is 0 Å². The highest BCUT2D eigenvalue weighted by Crippen LogP contribution is 2.19. The zero-order valence-corrected chi connectivity index (χ0v) is 9.56. The Balaban J connectivity index is 2.22. The van der Waals surface area contributed by atoms with Crippen molar-refractivity contribution in [3.63, 3.8) is 0 Å². The smallest absolute Gasteiger partial charge is 0.183 e. The van der Waals surface area contributed by atoms with Gasteiger partial charge >= 0.3 is 0 Å². The average molecular weight is 228 g/mol. The number of aryl methyl sites for hydroxylation is 1. The predicted octanol–water partition coefficient (Wildman–Crippen LogP) is 2.66. The molecular formula is C9H10ClN3S. The van der Waals surface area contributed by atoms with Crippen LogP contribution in [0.2, 0.25) is 4.47 Å².